The zero-order valence-electron chi connectivity index (χ0n) is 15.4. The van der Waals surface area contributed by atoms with Gasteiger partial charge in [0.2, 0.25) is 0 Å². The van der Waals surface area contributed by atoms with Gasteiger partial charge in [-0.1, -0.05) is 60.7 Å². The first kappa shape index (κ1) is 20.9. The Labute approximate surface area is 150 Å². The van der Waals surface area contributed by atoms with Crippen LogP contribution >= 0.6 is 0 Å². The molecule has 25 heavy (non-hydrogen) atoms. The Kier molecular flexibility index (Phi) is 8.89. The molecule has 0 aliphatic carbocycles. The van der Waals surface area contributed by atoms with E-state index in [-0.39, 0.29) is 0 Å². The molecule has 4 nitrogen and oxygen atoms in total. The summed E-state index contributed by atoms with van der Waals surface area (Å²) in [4.78, 5) is 10.2. The maximum Gasteiger partial charge on any atom is 0.337 e. The molecule has 1 atom stereocenters. The molecular formula is C21H30NO3+. The summed E-state index contributed by atoms with van der Waals surface area (Å²) in [5, 5.41) is 17.4. The fourth-order valence-corrected chi connectivity index (χ4v) is 2.75. The Balaban J connectivity index is 0.000000257. The summed E-state index contributed by atoms with van der Waals surface area (Å²) in [6.45, 7) is 11.7. The van der Waals surface area contributed by atoms with Crippen LogP contribution in [-0.4, -0.2) is 40.3 Å². The van der Waals surface area contributed by atoms with Gasteiger partial charge in [0.25, 0.3) is 0 Å². The largest absolute Gasteiger partial charge is 0.479 e. The van der Waals surface area contributed by atoms with Gasteiger partial charge in [-0.2, -0.15) is 0 Å². The lowest BCUT2D eigenvalue weighted by Crippen LogP contribution is -2.46. The smallest absolute Gasteiger partial charge is 0.337 e. The Morgan fingerprint density at radius 3 is 1.72 bits per heavy atom. The zero-order valence-corrected chi connectivity index (χ0v) is 15.4. The molecule has 0 heterocycles. The van der Waals surface area contributed by atoms with E-state index in [1.165, 1.54) is 36.2 Å². The SMILES string of the molecule is CC[N+](CC)(CC)Cc1ccccc1.O=C(O)[C@H](O)c1ccccc1. The molecule has 0 aromatic heterocycles. The number of benzene rings is 2. The number of aliphatic hydroxyl groups is 1. The minimum absolute atomic E-state index is 0.403. The van der Waals surface area contributed by atoms with Crippen molar-refractivity contribution < 1.29 is 19.5 Å². The highest BCUT2D eigenvalue weighted by atomic mass is 16.4. The van der Waals surface area contributed by atoms with Crippen LogP contribution in [0.2, 0.25) is 0 Å². The van der Waals surface area contributed by atoms with E-state index in [1.807, 2.05) is 0 Å². The van der Waals surface area contributed by atoms with E-state index in [4.69, 9.17) is 10.2 Å². The number of carboxylic acids is 1. The van der Waals surface area contributed by atoms with Gasteiger partial charge in [0.05, 0.1) is 19.6 Å². The van der Waals surface area contributed by atoms with Crippen molar-refractivity contribution in [2.75, 3.05) is 19.6 Å². The van der Waals surface area contributed by atoms with Gasteiger partial charge in [-0.15, -0.1) is 0 Å². The van der Waals surface area contributed by atoms with Crippen LogP contribution in [0.15, 0.2) is 60.7 Å². The average Bonchev–Trinajstić information content (AvgIpc) is 2.67. The molecule has 0 spiro atoms. The van der Waals surface area contributed by atoms with Crippen molar-refractivity contribution in [3.8, 4) is 0 Å². The molecule has 2 aromatic rings. The first-order chi connectivity index (χ1) is 12.0. The lowest BCUT2D eigenvalue weighted by molar-refractivity contribution is -0.936. The Morgan fingerprint density at radius 1 is 0.880 bits per heavy atom. The van der Waals surface area contributed by atoms with Crippen LogP contribution in [-0.2, 0) is 11.3 Å². The summed E-state index contributed by atoms with van der Waals surface area (Å²) in [5.41, 5.74) is 1.86. The molecule has 0 radical (unpaired) electrons. The van der Waals surface area contributed by atoms with Crippen LogP contribution in [0.1, 0.15) is 38.0 Å². The molecule has 136 valence electrons. The number of hydrogen-bond donors (Lipinski definition) is 2. The van der Waals surface area contributed by atoms with E-state index in [9.17, 15) is 4.79 Å². The van der Waals surface area contributed by atoms with Crippen LogP contribution in [0.5, 0.6) is 0 Å². The first-order valence-corrected chi connectivity index (χ1v) is 8.82. The Bertz CT molecular complexity index is 601. The summed E-state index contributed by atoms with van der Waals surface area (Å²) >= 11 is 0. The van der Waals surface area contributed by atoms with Crippen LogP contribution in [0.3, 0.4) is 0 Å². The summed E-state index contributed by atoms with van der Waals surface area (Å²) in [6.07, 6.45) is -1.41. The van der Waals surface area contributed by atoms with Crippen molar-refractivity contribution in [1.29, 1.82) is 0 Å². The fourth-order valence-electron chi connectivity index (χ4n) is 2.75. The van der Waals surface area contributed by atoms with Gasteiger partial charge < -0.3 is 14.7 Å². The van der Waals surface area contributed by atoms with Crippen molar-refractivity contribution in [1.82, 2.24) is 0 Å². The minimum atomic E-state index is -1.41. The number of aliphatic hydroxyl groups excluding tert-OH is 1. The second-order valence-electron chi connectivity index (χ2n) is 6.09. The molecule has 2 aromatic carbocycles. The van der Waals surface area contributed by atoms with Gasteiger partial charge in [-0.25, -0.2) is 4.79 Å². The van der Waals surface area contributed by atoms with Gasteiger partial charge in [0.15, 0.2) is 6.10 Å². The van der Waals surface area contributed by atoms with Gasteiger partial charge in [-0.05, 0) is 26.3 Å². The van der Waals surface area contributed by atoms with Crippen LogP contribution in [0.4, 0.5) is 0 Å². The van der Waals surface area contributed by atoms with Crippen LogP contribution in [0, 0.1) is 0 Å². The van der Waals surface area contributed by atoms with Crippen LogP contribution in [0.25, 0.3) is 0 Å². The van der Waals surface area contributed by atoms with E-state index >= 15 is 0 Å². The first-order valence-electron chi connectivity index (χ1n) is 8.82. The molecule has 2 N–H and O–H groups in total. The highest BCUT2D eigenvalue weighted by Gasteiger charge is 2.20. The van der Waals surface area contributed by atoms with Crippen molar-refractivity contribution >= 4 is 5.97 Å². The van der Waals surface area contributed by atoms with Crippen molar-refractivity contribution in [2.24, 2.45) is 0 Å². The highest BCUT2D eigenvalue weighted by molar-refractivity contribution is 5.73. The number of carbonyl (C=O) groups is 1. The molecule has 0 aliphatic heterocycles. The quantitative estimate of drug-likeness (QED) is 0.750. The van der Waals surface area contributed by atoms with Gasteiger partial charge in [-0.3, -0.25) is 0 Å². The van der Waals surface area contributed by atoms with Crippen molar-refractivity contribution in [3.63, 3.8) is 0 Å². The van der Waals surface area contributed by atoms with Gasteiger partial charge in [0, 0.05) is 5.56 Å². The third kappa shape index (κ3) is 6.69. The normalized spacial score (nSPS) is 12.0. The number of aliphatic carboxylic acids is 1. The molecule has 4 heteroatoms. The standard InChI is InChI=1S/C13H22N.C8H8O3/c1-4-14(5-2,6-3)12-13-10-8-7-9-11-13;9-7(8(10)11)6-4-2-1-3-5-6/h7-11H,4-6,12H2,1-3H3;1-5,7,9H,(H,10,11)/q+1;/t;7-/m.1/s1. The highest BCUT2D eigenvalue weighted by Crippen LogP contribution is 2.13. The summed E-state index contributed by atoms with van der Waals surface area (Å²) in [6, 6.07) is 19.1. The predicted molar refractivity (Wildman–Crippen MR) is 101 cm³/mol. The minimum Gasteiger partial charge on any atom is -0.479 e. The molecule has 2 rings (SSSR count). The topological polar surface area (TPSA) is 57.5 Å². The third-order valence-electron chi connectivity index (χ3n) is 4.72. The number of rotatable bonds is 7. The third-order valence-corrected chi connectivity index (χ3v) is 4.72. The number of hydrogen-bond acceptors (Lipinski definition) is 2. The number of quaternary nitrogens is 1. The molecule has 0 aliphatic rings. The molecule has 0 saturated heterocycles. The average molecular weight is 344 g/mol. The van der Waals surface area contributed by atoms with Gasteiger partial charge >= 0.3 is 5.97 Å². The zero-order chi connectivity index (χ0) is 18.7. The van der Waals surface area contributed by atoms with Crippen molar-refractivity contribution in [3.05, 3.63) is 71.8 Å². The number of carboxylic acid groups (broad SMARTS) is 1. The van der Waals surface area contributed by atoms with E-state index in [1.54, 1.807) is 30.3 Å². The summed E-state index contributed by atoms with van der Waals surface area (Å²) < 4.78 is 1.20. The monoisotopic (exact) mass is 344 g/mol. The Morgan fingerprint density at radius 2 is 1.32 bits per heavy atom. The van der Waals surface area contributed by atoms with E-state index in [0.29, 0.717) is 5.56 Å². The van der Waals surface area contributed by atoms with Crippen molar-refractivity contribution in [2.45, 2.75) is 33.4 Å². The molecular weight excluding hydrogens is 314 g/mol. The van der Waals surface area contributed by atoms with E-state index in [2.05, 4.69) is 51.1 Å². The maximum atomic E-state index is 10.2. The Hall–Kier alpha value is -2.17. The summed E-state index contributed by atoms with van der Waals surface area (Å²) in [5.74, 6) is -1.23. The predicted octanol–water partition coefficient (Wildman–Crippen LogP) is 3.87. The molecule has 0 unspecified atom stereocenters. The molecule has 0 bridgehead atoms. The van der Waals surface area contributed by atoms with E-state index in [0.717, 1.165) is 0 Å². The second-order valence-corrected chi connectivity index (χ2v) is 6.09. The lowest BCUT2D eigenvalue weighted by atomic mass is 10.1. The maximum absolute atomic E-state index is 10.2. The second kappa shape index (κ2) is 10.6. The molecule has 0 fully saturated rings. The van der Waals surface area contributed by atoms with E-state index < -0.39 is 12.1 Å². The van der Waals surface area contributed by atoms with Gasteiger partial charge in [0.1, 0.15) is 6.54 Å². The van der Waals surface area contributed by atoms with Crippen LogP contribution < -0.4 is 0 Å². The summed E-state index contributed by atoms with van der Waals surface area (Å²) in [7, 11) is 0. The lowest BCUT2D eigenvalue weighted by Gasteiger charge is -2.35. The molecule has 0 amide bonds. The fraction of sp³-hybridized carbons (Fsp3) is 0.381. The number of nitrogens with zero attached hydrogens (tertiary/aromatic N) is 1. The molecule has 0 saturated carbocycles.